The summed E-state index contributed by atoms with van der Waals surface area (Å²) in [7, 11) is 1.95. The van der Waals surface area contributed by atoms with Crippen molar-refractivity contribution in [2.24, 2.45) is 5.92 Å². The third-order valence-electron chi connectivity index (χ3n) is 4.02. The Morgan fingerprint density at radius 3 is 2.72 bits per heavy atom. The van der Waals surface area contributed by atoms with Gasteiger partial charge in [0.15, 0.2) is 0 Å². The fourth-order valence-electron chi connectivity index (χ4n) is 2.85. The number of hydrogen-bond acceptors (Lipinski definition) is 2. The van der Waals surface area contributed by atoms with Gasteiger partial charge in [0.05, 0.1) is 0 Å². The van der Waals surface area contributed by atoms with Gasteiger partial charge in [-0.15, -0.1) is 0 Å². The monoisotopic (exact) mass is 251 g/mol. The van der Waals surface area contributed by atoms with E-state index in [2.05, 4.69) is 19.2 Å². The minimum absolute atomic E-state index is 0.187. The molecule has 2 atom stereocenters. The second-order valence-electron chi connectivity index (χ2n) is 4.99. The maximum absolute atomic E-state index is 13.3. The third-order valence-corrected chi connectivity index (χ3v) is 4.02. The Hall–Kier alpha value is -1.09. The van der Waals surface area contributed by atoms with Crippen molar-refractivity contribution < 1.29 is 9.13 Å². The maximum atomic E-state index is 13.3. The van der Waals surface area contributed by atoms with E-state index in [0.29, 0.717) is 11.7 Å². The van der Waals surface area contributed by atoms with Crippen molar-refractivity contribution >= 4 is 0 Å². The van der Waals surface area contributed by atoms with Gasteiger partial charge in [0, 0.05) is 24.1 Å². The van der Waals surface area contributed by atoms with Crippen LogP contribution in [0, 0.1) is 11.7 Å². The molecule has 0 bridgehead atoms. The lowest BCUT2D eigenvalue weighted by molar-refractivity contribution is 0.0889. The molecule has 1 aromatic carbocycles. The van der Waals surface area contributed by atoms with Crippen LogP contribution in [0.15, 0.2) is 18.2 Å². The van der Waals surface area contributed by atoms with Gasteiger partial charge in [-0.1, -0.05) is 19.9 Å². The van der Waals surface area contributed by atoms with E-state index in [1.165, 1.54) is 12.1 Å². The molecule has 2 nitrogen and oxygen atoms in total. The minimum atomic E-state index is -0.228. The molecule has 0 radical (unpaired) electrons. The van der Waals surface area contributed by atoms with Crippen molar-refractivity contribution in [2.45, 2.75) is 45.3 Å². The number of halogens is 1. The number of hydrogen-bond donors (Lipinski definition) is 1. The summed E-state index contributed by atoms with van der Waals surface area (Å²) in [4.78, 5) is 0. The molecule has 0 saturated heterocycles. The van der Waals surface area contributed by atoms with Gasteiger partial charge in [-0.2, -0.15) is 0 Å². The highest BCUT2D eigenvalue weighted by Crippen LogP contribution is 2.38. The van der Waals surface area contributed by atoms with Crippen LogP contribution in [0.3, 0.4) is 0 Å². The summed E-state index contributed by atoms with van der Waals surface area (Å²) >= 11 is 0. The quantitative estimate of drug-likeness (QED) is 0.881. The summed E-state index contributed by atoms with van der Waals surface area (Å²) in [5, 5.41) is 3.31. The summed E-state index contributed by atoms with van der Waals surface area (Å²) in [5.41, 5.74) is 1.07. The van der Waals surface area contributed by atoms with Crippen molar-refractivity contribution in [1.29, 1.82) is 0 Å². The number of benzene rings is 1. The first-order valence-corrected chi connectivity index (χ1v) is 6.82. The average molecular weight is 251 g/mol. The Bertz CT molecular complexity index is 403. The molecule has 1 N–H and O–H groups in total. The largest absolute Gasteiger partial charge is 0.490 e. The maximum Gasteiger partial charge on any atom is 0.127 e. The van der Waals surface area contributed by atoms with Crippen LogP contribution in [0.1, 0.15) is 44.7 Å². The van der Waals surface area contributed by atoms with Crippen LogP contribution in [-0.4, -0.2) is 13.2 Å². The molecule has 2 unspecified atom stereocenters. The zero-order chi connectivity index (χ0) is 13.1. The van der Waals surface area contributed by atoms with Crippen LogP contribution in [0.5, 0.6) is 5.75 Å². The molecule has 0 fully saturated rings. The summed E-state index contributed by atoms with van der Waals surface area (Å²) in [5.74, 6) is 1.02. The lowest BCUT2D eigenvalue weighted by Gasteiger charge is -2.36. The molecule has 1 aliphatic rings. The zero-order valence-electron chi connectivity index (χ0n) is 11.4. The lowest BCUT2D eigenvalue weighted by Crippen LogP contribution is -2.36. The second-order valence-corrected chi connectivity index (χ2v) is 4.99. The number of nitrogens with one attached hydrogen (secondary N) is 1. The Kier molecular flexibility index (Phi) is 4.23. The number of ether oxygens (including phenoxy) is 1. The predicted octanol–water partition coefficient (Wildman–Crippen LogP) is 3.67. The van der Waals surface area contributed by atoms with Gasteiger partial charge in [-0.25, -0.2) is 4.39 Å². The van der Waals surface area contributed by atoms with E-state index in [1.807, 2.05) is 13.1 Å². The molecule has 1 aliphatic heterocycles. The summed E-state index contributed by atoms with van der Waals surface area (Å²) in [6.45, 7) is 4.38. The summed E-state index contributed by atoms with van der Waals surface area (Å²) in [6, 6.07) is 5.10. The van der Waals surface area contributed by atoms with Crippen LogP contribution in [-0.2, 0) is 0 Å². The Labute approximate surface area is 109 Å². The molecule has 0 aromatic heterocycles. The second kappa shape index (κ2) is 5.70. The molecule has 0 aliphatic carbocycles. The third kappa shape index (κ3) is 2.51. The van der Waals surface area contributed by atoms with E-state index in [9.17, 15) is 4.39 Å². The number of rotatable bonds is 4. The van der Waals surface area contributed by atoms with Gasteiger partial charge in [-0.05, 0) is 31.9 Å². The normalized spacial score (nSPS) is 22.7. The van der Waals surface area contributed by atoms with Gasteiger partial charge in [0.25, 0.3) is 0 Å². The Morgan fingerprint density at radius 1 is 1.39 bits per heavy atom. The van der Waals surface area contributed by atoms with E-state index in [0.717, 1.165) is 24.8 Å². The van der Waals surface area contributed by atoms with Crippen LogP contribution in [0.2, 0.25) is 0 Å². The molecule has 0 saturated carbocycles. The molecule has 1 heterocycles. The molecule has 100 valence electrons. The summed E-state index contributed by atoms with van der Waals surface area (Å²) < 4.78 is 19.3. The van der Waals surface area contributed by atoms with Crippen LogP contribution in [0.25, 0.3) is 0 Å². The molecule has 18 heavy (non-hydrogen) atoms. The first-order chi connectivity index (χ1) is 8.69. The van der Waals surface area contributed by atoms with Crippen molar-refractivity contribution in [3.05, 3.63) is 29.6 Å². The lowest BCUT2D eigenvalue weighted by atomic mass is 9.87. The topological polar surface area (TPSA) is 21.3 Å². The minimum Gasteiger partial charge on any atom is -0.490 e. The zero-order valence-corrected chi connectivity index (χ0v) is 11.4. The van der Waals surface area contributed by atoms with Gasteiger partial charge >= 0.3 is 0 Å². The van der Waals surface area contributed by atoms with Crippen molar-refractivity contribution in [3.8, 4) is 5.75 Å². The first kappa shape index (κ1) is 13.3. The fraction of sp³-hybridized carbons (Fsp3) is 0.600. The van der Waals surface area contributed by atoms with Crippen LogP contribution in [0.4, 0.5) is 4.39 Å². The smallest absolute Gasteiger partial charge is 0.127 e. The van der Waals surface area contributed by atoms with Crippen LogP contribution < -0.4 is 10.1 Å². The highest BCUT2D eigenvalue weighted by atomic mass is 19.1. The van der Waals surface area contributed by atoms with Gasteiger partial charge in [0.1, 0.15) is 17.7 Å². The Balaban J connectivity index is 2.28. The average Bonchev–Trinajstić information content (AvgIpc) is 2.38. The van der Waals surface area contributed by atoms with Crippen molar-refractivity contribution in [3.63, 3.8) is 0 Å². The number of fused-ring (bicyclic) bond motifs is 1. The SMILES string of the molecule is CCC(CC)C1CC(NC)c2ccc(F)cc2O1. The van der Waals surface area contributed by atoms with Crippen LogP contribution >= 0.6 is 0 Å². The molecule has 0 spiro atoms. The van der Waals surface area contributed by atoms with E-state index in [-0.39, 0.29) is 18.0 Å². The molecular formula is C15H22FNO. The summed E-state index contributed by atoms with van der Waals surface area (Å²) in [6.07, 6.45) is 3.35. The van der Waals surface area contributed by atoms with Gasteiger partial charge in [-0.3, -0.25) is 0 Å². The standard InChI is InChI=1S/C15H22FNO/c1-4-10(5-2)14-9-13(17-3)12-7-6-11(16)8-15(12)18-14/h6-8,10,13-14,17H,4-5,9H2,1-3H3. The highest BCUT2D eigenvalue weighted by molar-refractivity contribution is 5.38. The molecular weight excluding hydrogens is 229 g/mol. The molecule has 3 heteroatoms. The highest BCUT2D eigenvalue weighted by Gasteiger charge is 2.31. The van der Waals surface area contributed by atoms with Gasteiger partial charge < -0.3 is 10.1 Å². The molecule has 2 rings (SSSR count). The van der Waals surface area contributed by atoms with E-state index >= 15 is 0 Å². The Morgan fingerprint density at radius 2 is 2.11 bits per heavy atom. The van der Waals surface area contributed by atoms with Crippen molar-refractivity contribution in [1.82, 2.24) is 5.32 Å². The molecule has 1 aromatic rings. The van der Waals surface area contributed by atoms with E-state index < -0.39 is 0 Å². The fourth-order valence-corrected chi connectivity index (χ4v) is 2.85. The van der Waals surface area contributed by atoms with E-state index in [1.54, 1.807) is 0 Å². The van der Waals surface area contributed by atoms with E-state index in [4.69, 9.17) is 4.74 Å². The predicted molar refractivity (Wildman–Crippen MR) is 71.3 cm³/mol. The first-order valence-electron chi connectivity index (χ1n) is 6.82. The van der Waals surface area contributed by atoms with Crippen molar-refractivity contribution in [2.75, 3.05) is 7.05 Å². The van der Waals surface area contributed by atoms with Gasteiger partial charge in [0.2, 0.25) is 0 Å². The molecule has 0 amide bonds.